The summed E-state index contributed by atoms with van der Waals surface area (Å²) < 4.78 is 30.5. The molecule has 7 nitrogen and oxygen atoms in total. The SMILES string of the molecule is C[C@H](OC(=O)c1cccc(S(=O)(=O)N(C)C)c1)C(=O)Nc1cccc(Cl)c1. The van der Waals surface area contributed by atoms with Crippen LogP contribution in [0.4, 0.5) is 5.69 Å². The van der Waals surface area contributed by atoms with Crippen LogP contribution in [0.2, 0.25) is 5.02 Å². The topological polar surface area (TPSA) is 92.8 Å². The highest BCUT2D eigenvalue weighted by Gasteiger charge is 2.22. The van der Waals surface area contributed by atoms with Crippen LogP contribution in [0.1, 0.15) is 17.3 Å². The number of esters is 1. The number of amides is 1. The van der Waals surface area contributed by atoms with Crippen molar-refractivity contribution in [2.24, 2.45) is 0 Å². The van der Waals surface area contributed by atoms with E-state index in [0.29, 0.717) is 10.7 Å². The van der Waals surface area contributed by atoms with Gasteiger partial charge in [0.2, 0.25) is 10.0 Å². The number of carbonyl (C=O) groups is 2. The Morgan fingerprint density at radius 1 is 1.11 bits per heavy atom. The molecule has 2 aromatic rings. The molecule has 0 aliphatic heterocycles. The van der Waals surface area contributed by atoms with Crippen LogP contribution in [0.5, 0.6) is 0 Å². The smallest absolute Gasteiger partial charge is 0.338 e. The van der Waals surface area contributed by atoms with Gasteiger partial charge in [0.05, 0.1) is 10.5 Å². The van der Waals surface area contributed by atoms with Gasteiger partial charge in [-0.3, -0.25) is 4.79 Å². The standard InChI is InChI=1S/C18H19ClN2O5S/c1-12(17(22)20-15-8-5-7-14(19)11-15)26-18(23)13-6-4-9-16(10-13)27(24,25)21(2)3/h4-12H,1-3H3,(H,20,22)/t12-/m0/s1. The molecule has 1 amide bonds. The van der Waals surface area contributed by atoms with E-state index >= 15 is 0 Å². The first-order chi connectivity index (χ1) is 12.6. The maximum absolute atomic E-state index is 12.3. The Balaban J connectivity index is 2.09. The number of rotatable bonds is 6. The number of ether oxygens (including phenoxy) is 1. The first kappa shape index (κ1) is 20.9. The third-order valence-corrected chi connectivity index (χ3v) is 5.64. The molecule has 0 bridgehead atoms. The Labute approximate surface area is 162 Å². The van der Waals surface area contributed by atoms with Crippen LogP contribution in [-0.2, 0) is 19.6 Å². The Morgan fingerprint density at radius 3 is 2.41 bits per heavy atom. The van der Waals surface area contributed by atoms with E-state index in [2.05, 4.69) is 5.32 Å². The van der Waals surface area contributed by atoms with E-state index in [9.17, 15) is 18.0 Å². The minimum absolute atomic E-state index is 0.0281. The van der Waals surface area contributed by atoms with Crippen LogP contribution in [-0.4, -0.2) is 44.8 Å². The molecular formula is C18H19ClN2O5S. The lowest BCUT2D eigenvalue weighted by atomic mass is 10.2. The Morgan fingerprint density at radius 2 is 1.78 bits per heavy atom. The predicted molar refractivity (Wildman–Crippen MR) is 102 cm³/mol. The highest BCUT2D eigenvalue weighted by atomic mass is 35.5. The van der Waals surface area contributed by atoms with Gasteiger partial charge >= 0.3 is 5.97 Å². The Kier molecular flexibility index (Phi) is 6.59. The van der Waals surface area contributed by atoms with Crippen molar-refractivity contribution < 1.29 is 22.7 Å². The average molecular weight is 411 g/mol. The number of halogens is 1. The second kappa shape index (κ2) is 8.51. The number of carbonyl (C=O) groups excluding carboxylic acids is 2. The summed E-state index contributed by atoms with van der Waals surface area (Å²) in [7, 11) is -0.906. The van der Waals surface area contributed by atoms with Gasteiger partial charge in [0, 0.05) is 24.8 Å². The van der Waals surface area contributed by atoms with Crippen molar-refractivity contribution in [2.75, 3.05) is 19.4 Å². The van der Waals surface area contributed by atoms with E-state index in [0.717, 1.165) is 4.31 Å². The number of sulfonamides is 1. The summed E-state index contributed by atoms with van der Waals surface area (Å²) >= 11 is 5.86. The summed E-state index contributed by atoms with van der Waals surface area (Å²) in [5.41, 5.74) is 0.495. The predicted octanol–water partition coefficient (Wildman–Crippen LogP) is 2.77. The number of anilines is 1. The van der Waals surface area contributed by atoms with E-state index in [1.54, 1.807) is 24.3 Å². The molecule has 9 heteroatoms. The molecule has 0 radical (unpaired) electrons. The van der Waals surface area contributed by atoms with Crippen LogP contribution in [0.25, 0.3) is 0 Å². The molecule has 0 aromatic heterocycles. The molecule has 0 aliphatic carbocycles. The number of hydrogen-bond donors (Lipinski definition) is 1. The lowest BCUT2D eigenvalue weighted by Crippen LogP contribution is -2.30. The van der Waals surface area contributed by atoms with Gasteiger partial charge in [-0.2, -0.15) is 0 Å². The number of nitrogens with one attached hydrogen (secondary N) is 1. The van der Waals surface area contributed by atoms with Gasteiger partial charge in [0.15, 0.2) is 6.10 Å². The molecule has 0 saturated heterocycles. The third kappa shape index (κ3) is 5.29. The van der Waals surface area contributed by atoms with E-state index < -0.39 is 28.0 Å². The average Bonchev–Trinajstić information content (AvgIpc) is 2.61. The molecule has 0 saturated carbocycles. The molecule has 0 unspecified atom stereocenters. The van der Waals surface area contributed by atoms with Crippen molar-refractivity contribution >= 4 is 39.2 Å². The van der Waals surface area contributed by atoms with Crippen molar-refractivity contribution in [3.05, 3.63) is 59.1 Å². The molecule has 27 heavy (non-hydrogen) atoms. The molecule has 0 aliphatic rings. The molecular weight excluding hydrogens is 392 g/mol. The van der Waals surface area contributed by atoms with Crippen LogP contribution in [0.3, 0.4) is 0 Å². The van der Waals surface area contributed by atoms with Crippen molar-refractivity contribution in [2.45, 2.75) is 17.9 Å². The van der Waals surface area contributed by atoms with Crippen LogP contribution >= 0.6 is 11.6 Å². The maximum atomic E-state index is 12.3. The van der Waals surface area contributed by atoms with Gasteiger partial charge in [-0.15, -0.1) is 0 Å². The minimum atomic E-state index is -3.69. The van der Waals surface area contributed by atoms with Crippen molar-refractivity contribution in [3.63, 3.8) is 0 Å². The number of benzene rings is 2. The van der Waals surface area contributed by atoms with Crippen molar-refractivity contribution in [3.8, 4) is 0 Å². The molecule has 2 aromatic carbocycles. The molecule has 1 atom stereocenters. The molecule has 0 spiro atoms. The van der Waals surface area contributed by atoms with Gasteiger partial charge in [-0.1, -0.05) is 23.7 Å². The molecule has 1 N–H and O–H groups in total. The first-order valence-electron chi connectivity index (χ1n) is 7.91. The summed E-state index contributed by atoms with van der Waals surface area (Å²) in [6.07, 6.45) is -1.09. The van der Waals surface area contributed by atoms with Gasteiger partial charge < -0.3 is 10.1 Å². The van der Waals surface area contributed by atoms with Gasteiger partial charge in [0.25, 0.3) is 5.91 Å². The zero-order chi connectivity index (χ0) is 20.2. The van der Waals surface area contributed by atoms with Crippen molar-refractivity contribution in [1.82, 2.24) is 4.31 Å². The molecule has 0 heterocycles. The monoisotopic (exact) mass is 410 g/mol. The molecule has 2 rings (SSSR count). The van der Waals surface area contributed by atoms with E-state index in [1.807, 2.05) is 0 Å². The van der Waals surface area contributed by atoms with Crippen LogP contribution in [0, 0.1) is 0 Å². The van der Waals surface area contributed by atoms with Crippen LogP contribution in [0.15, 0.2) is 53.4 Å². The summed E-state index contributed by atoms with van der Waals surface area (Å²) in [5.74, 6) is -1.35. The zero-order valence-corrected chi connectivity index (χ0v) is 16.5. The molecule has 144 valence electrons. The van der Waals surface area contributed by atoms with E-state index in [-0.39, 0.29) is 10.5 Å². The lowest BCUT2D eigenvalue weighted by molar-refractivity contribution is -0.123. The first-order valence-corrected chi connectivity index (χ1v) is 9.73. The second-order valence-corrected chi connectivity index (χ2v) is 8.45. The largest absolute Gasteiger partial charge is 0.449 e. The summed E-state index contributed by atoms with van der Waals surface area (Å²) in [4.78, 5) is 24.4. The quantitative estimate of drug-likeness (QED) is 0.739. The van der Waals surface area contributed by atoms with E-state index in [4.69, 9.17) is 16.3 Å². The third-order valence-electron chi connectivity index (χ3n) is 3.59. The lowest BCUT2D eigenvalue weighted by Gasteiger charge is -2.15. The molecule has 0 fully saturated rings. The van der Waals surface area contributed by atoms with Gasteiger partial charge in [-0.05, 0) is 43.3 Å². The normalized spacial score (nSPS) is 12.5. The van der Waals surface area contributed by atoms with Gasteiger partial charge in [-0.25, -0.2) is 17.5 Å². The maximum Gasteiger partial charge on any atom is 0.338 e. The van der Waals surface area contributed by atoms with E-state index in [1.165, 1.54) is 45.3 Å². The Bertz CT molecular complexity index is 960. The van der Waals surface area contributed by atoms with Gasteiger partial charge in [0.1, 0.15) is 0 Å². The fourth-order valence-corrected chi connectivity index (χ4v) is 3.22. The highest BCUT2D eigenvalue weighted by Crippen LogP contribution is 2.17. The fourth-order valence-electron chi connectivity index (χ4n) is 2.09. The van der Waals surface area contributed by atoms with Crippen molar-refractivity contribution in [1.29, 1.82) is 0 Å². The minimum Gasteiger partial charge on any atom is -0.449 e. The Hall–Kier alpha value is -2.42. The highest BCUT2D eigenvalue weighted by molar-refractivity contribution is 7.89. The fraction of sp³-hybridized carbons (Fsp3) is 0.222. The summed E-state index contributed by atoms with van der Waals surface area (Å²) in [6.45, 7) is 1.41. The zero-order valence-electron chi connectivity index (χ0n) is 15.0. The second-order valence-electron chi connectivity index (χ2n) is 5.86. The van der Waals surface area contributed by atoms with Crippen LogP contribution < -0.4 is 5.32 Å². The summed E-state index contributed by atoms with van der Waals surface area (Å²) in [5, 5.41) is 3.04. The number of nitrogens with zero attached hydrogens (tertiary/aromatic N) is 1. The number of hydrogen-bond acceptors (Lipinski definition) is 5. The summed E-state index contributed by atoms with van der Waals surface area (Å²) in [6, 6.07) is 12.0.